The van der Waals surface area contributed by atoms with Gasteiger partial charge in [-0.15, -0.1) is 11.3 Å². The molecular weight excluding hydrogens is 446 g/mol. The Bertz CT molecular complexity index is 1290. The van der Waals surface area contributed by atoms with E-state index in [-0.39, 0.29) is 18.4 Å². The summed E-state index contributed by atoms with van der Waals surface area (Å²) in [6, 6.07) is 17.8. The lowest BCUT2D eigenvalue weighted by atomic mass is 10.2. The van der Waals surface area contributed by atoms with E-state index in [1.807, 2.05) is 35.7 Å². The summed E-state index contributed by atoms with van der Waals surface area (Å²) < 4.78 is 7.14. The summed E-state index contributed by atoms with van der Waals surface area (Å²) in [5.74, 6) is 0.791. The first-order chi connectivity index (χ1) is 15.5. The molecule has 0 radical (unpaired) electrons. The highest BCUT2D eigenvalue weighted by molar-refractivity contribution is 7.71. The average Bonchev–Trinajstić information content (AvgIpc) is 3.45. The Kier molecular flexibility index (Phi) is 6.43. The van der Waals surface area contributed by atoms with Gasteiger partial charge >= 0.3 is 0 Å². The van der Waals surface area contributed by atoms with Crippen LogP contribution in [0.25, 0.3) is 11.4 Å². The fourth-order valence-corrected chi connectivity index (χ4v) is 3.86. The first-order valence-corrected chi connectivity index (χ1v) is 10.9. The Morgan fingerprint density at radius 2 is 1.84 bits per heavy atom. The molecule has 162 valence electrons. The smallest absolute Gasteiger partial charge is 0.265 e. The number of nitrogens with one attached hydrogen (secondary N) is 3. The van der Waals surface area contributed by atoms with Crippen molar-refractivity contribution in [3.05, 3.63) is 75.7 Å². The fourth-order valence-electron chi connectivity index (χ4n) is 3.04. The van der Waals surface area contributed by atoms with E-state index in [1.54, 1.807) is 42.0 Å². The molecule has 0 aliphatic carbocycles. The number of carbonyl (C=O) groups excluding carboxylic acids is 2. The summed E-state index contributed by atoms with van der Waals surface area (Å²) in [7, 11) is 1.60. The van der Waals surface area contributed by atoms with E-state index in [9.17, 15) is 9.59 Å². The van der Waals surface area contributed by atoms with Gasteiger partial charge in [0.2, 0.25) is 5.91 Å². The maximum absolute atomic E-state index is 12.7. The van der Waals surface area contributed by atoms with Gasteiger partial charge in [0.25, 0.3) is 5.91 Å². The van der Waals surface area contributed by atoms with Gasteiger partial charge < -0.3 is 15.4 Å². The zero-order valence-corrected chi connectivity index (χ0v) is 18.6. The van der Waals surface area contributed by atoms with Crippen molar-refractivity contribution in [1.29, 1.82) is 0 Å². The minimum atomic E-state index is -0.279. The van der Waals surface area contributed by atoms with Gasteiger partial charge in [-0.2, -0.15) is 5.10 Å². The molecule has 0 unspecified atom stereocenters. The molecule has 4 rings (SSSR count). The highest BCUT2D eigenvalue weighted by atomic mass is 32.1. The van der Waals surface area contributed by atoms with Crippen LogP contribution in [-0.2, 0) is 11.3 Å². The van der Waals surface area contributed by atoms with Gasteiger partial charge in [-0.05, 0) is 66.1 Å². The number of hydrogen-bond donors (Lipinski definition) is 3. The van der Waals surface area contributed by atoms with Crippen molar-refractivity contribution >= 4 is 46.7 Å². The summed E-state index contributed by atoms with van der Waals surface area (Å²) in [5.41, 5.74) is 1.93. The minimum Gasteiger partial charge on any atom is -0.497 e. The largest absolute Gasteiger partial charge is 0.497 e. The van der Waals surface area contributed by atoms with Crippen LogP contribution in [0.1, 0.15) is 9.67 Å². The molecule has 0 aliphatic heterocycles. The van der Waals surface area contributed by atoms with Gasteiger partial charge in [0, 0.05) is 16.9 Å². The number of hydrogen-bond acceptors (Lipinski definition) is 6. The SMILES string of the molecule is COc1ccc(-c2n[nH]c(=S)n2CC(=O)Nc2cccc(NC(=O)c3cccs3)c2)cc1. The number of thiophene rings is 1. The van der Waals surface area contributed by atoms with E-state index >= 15 is 0 Å². The van der Waals surface area contributed by atoms with Crippen LogP contribution in [-0.4, -0.2) is 33.7 Å². The van der Waals surface area contributed by atoms with Crippen LogP contribution in [0.2, 0.25) is 0 Å². The second kappa shape index (κ2) is 9.58. The third-order valence-corrected chi connectivity index (χ3v) is 5.74. The molecule has 0 aliphatic rings. The first kappa shape index (κ1) is 21.5. The molecule has 2 amide bonds. The monoisotopic (exact) mass is 465 g/mol. The summed E-state index contributed by atoms with van der Waals surface area (Å²) in [4.78, 5) is 25.6. The van der Waals surface area contributed by atoms with Crippen molar-refractivity contribution in [3.8, 4) is 17.1 Å². The molecule has 4 aromatic rings. The number of aromatic nitrogens is 3. The minimum absolute atomic E-state index is 0.0253. The Morgan fingerprint density at radius 1 is 1.09 bits per heavy atom. The molecule has 0 saturated carbocycles. The van der Waals surface area contributed by atoms with Crippen molar-refractivity contribution in [3.63, 3.8) is 0 Å². The number of nitrogens with zero attached hydrogens (tertiary/aromatic N) is 2. The van der Waals surface area contributed by atoms with E-state index in [0.717, 1.165) is 11.3 Å². The van der Waals surface area contributed by atoms with E-state index in [4.69, 9.17) is 17.0 Å². The summed E-state index contributed by atoms with van der Waals surface area (Å²) in [5, 5.41) is 14.5. The van der Waals surface area contributed by atoms with Crippen LogP contribution < -0.4 is 15.4 Å². The lowest BCUT2D eigenvalue weighted by Crippen LogP contribution is -2.19. The molecule has 0 spiro atoms. The van der Waals surface area contributed by atoms with E-state index < -0.39 is 0 Å². The third-order valence-electron chi connectivity index (χ3n) is 4.56. The third kappa shape index (κ3) is 4.93. The average molecular weight is 466 g/mol. The summed E-state index contributed by atoms with van der Waals surface area (Å²) in [6.07, 6.45) is 0. The predicted octanol–water partition coefficient (Wildman–Crippen LogP) is 4.57. The second-order valence-electron chi connectivity index (χ2n) is 6.73. The van der Waals surface area contributed by atoms with E-state index in [0.29, 0.717) is 26.8 Å². The van der Waals surface area contributed by atoms with Crippen molar-refractivity contribution in [2.75, 3.05) is 17.7 Å². The number of anilines is 2. The molecule has 0 bridgehead atoms. The number of methoxy groups -OCH3 is 1. The van der Waals surface area contributed by atoms with Crippen LogP contribution in [0.15, 0.2) is 66.0 Å². The Labute approximate surface area is 192 Å². The normalized spacial score (nSPS) is 10.5. The molecule has 8 nitrogen and oxygen atoms in total. The Hall–Kier alpha value is -3.76. The molecule has 2 aromatic heterocycles. The lowest BCUT2D eigenvalue weighted by molar-refractivity contribution is -0.116. The number of H-pyrrole nitrogens is 1. The molecule has 32 heavy (non-hydrogen) atoms. The zero-order chi connectivity index (χ0) is 22.5. The van der Waals surface area contributed by atoms with Crippen LogP contribution in [0.3, 0.4) is 0 Å². The number of amides is 2. The van der Waals surface area contributed by atoms with Gasteiger partial charge in [-0.3, -0.25) is 19.3 Å². The fraction of sp³-hybridized carbons (Fsp3) is 0.0909. The number of ether oxygens (including phenoxy) is 1. The molecule has 0 saturated heterocycles. The Balaban J connectivity index is 1.46. The number of benzene rings is 2. The second-order valence-corrected chi connectivity index (χ2v) is 8.06. The number of carbonyl (C=O) groups is 2. The maximum Gasteiger partial charge on any atom is 0.265 e. The summed E-state index contributed by atoms with van der Waals surface area (Å²) in [6.45, 7) is -0.0253. The summed E-state index contributed by atoms with van der Waals surface area (Å²) >= 11 is 6.67. The van der Waals surface area contributed by atoms with Gasteiger partial charge in [0.05, 0.1) is 12.0 Å². The van der Waals surface area contributed by atoms with E-state index in [2.05, 4.69) is 20.8 Å². The van der Waals surface area contributed by atoms with Crippen molar-refractivity contribution in [1.82, 2.24) is 14.8 Å². The molecule has 0 fully saturated rings. The van der Waals surface area contributed by atoms with Crippen LogP contribution in [0, 0.1) is 4.77 Å². The number of aromatic amines is 1. The highest BCUT2D eigenvalue weighted by Gasteiger charge is 2.13. The van der Waals surface area contributed by atoms with Gasteiger partial charge in [-0.25, -0.2) is 0 Å². The molecular formula is C22H19N5O3S2. The zero-order valence-electron chi connectivity index (χ0n) is 17.0. The standard InChI is InChI=1S/C22H19N5O3S2/c1-30-17-9-7-14(8-10-17)20-25-26-22(31)27(20)13-19(28)23-15-4-2-5-16(12-15)24-21(29)18-6-3-11-32-18/h2-12H,13H2,1H3,(H,23,28)(H,24,29)(H,26,31). The molecule has 3 N–H and O–H groups in total. The van der Waals surface area contributed by atoms with Crippen molar-refractivity contribution in [2.45, 2.75) is 6.54 Å². The molecule has 2 heterocycles. The van der Waals surface area contributed by atoms with Gasteiger partial charge in [0.15, 0.2) is 10.6 Å². The van der Waals surface area contributed by atoms with Gasteiger partial charge in [-0.1, -0.05) is 12.1 Å². The predicted molar refractivity (Wildman–Crippen MR) is 127 cm³/mol. The van der Waals surface area contributed by atoms with Crippen LogP contribution in [0.4, 0.5) is 11.4 Å². The topological polar surface area (TPSA) is 101 Å². The Morgan fingerprint density at radius 3 is 2.53 bits per heavy atom. The maximum atomic E-state index is 12.7. The van der Waals surface area contributed by atoms with Crippen molar-refractivity contribution < 1.29 is 14.3 Å². The molecule has 0 atom stereocenters. The van der Waals surface area contributed by atoms with Crippen LogP contribution >= 0.6 is 23.6 Å². The van der Waals surface area contributed by atoms with Crippen LogP contribution in [0.5, 0.6) is 5.75 Å². The van der Waals surface area contributed by atoms with Crippen molar-refractivity contribution in [2.24, 2.45) is 0 Å². The molecule has 10 heteroatoms. The van der Waals surface area contributed by atoms with Gasteiger partial charge in [0.1, 0.15) is 12.3 Å². The quantitative estimate of drug-likeness (QED) is 0.347. The highest BCUT2D eigenvalue weighted by Crippen LogP contribution is 2.22. The number of rotatable bonds is 7. The molecule has 2 aromatic carbocycles. The van der Waals surface area contributed by atoms with E-state index in [1.165, 1.54) is 11.3 Å². The first-order valence-electron chi connectivity index (χ1n) is 9.58. The lowest BCUT2D eigenvalue weighted by Gasteiger charge is -2.10.